The Morgan fingerprint density at radius 1 is 1.15 bits per heavy atom. The molecule has 0 unspecified atom stereocenters. The Morgan fingerprint density at radius 2 is 1.93 bits per heavy atom. The number of halogens is 1. The fraction of sp³-hybridized carbons (Fsp3) is 0.211. The number of hydrogen-bond acceptors (Lipinski definition) is 5. The average molecular weight is 400 g/mol. The Bertz CT molecular complexity index is 990. The fourth-order valence-electron chi connectivity index (χ4n) is 3.20. The van der Waals surface area contributed by atoms with Crippen molar-refractivity contribution in [1.29, 1.82) is 0 Å². The van der Waals surface area contributed by atoms with Crippen LogP contribution in [0, 0.1) is 0 Å². The predicted molar refractivity (Wildman–Crippen MR) is 108 cm³/mol. The van der Waals surface area contributed by atoms with Gasteiger partial charge in [-0.3, -0.25) is 4.79 Å². The summed E-state index contributed by atoms with van der Waals surface area (Å²) < 4.78 is 1.38. The van der Waals surface area contributed by atoms with Crippen LogP contribution in [0.1, 0.15) is 12.0 Å². The van der Waals surface area contributed by atoms with Crippen molar-refractivity contribution in [2.75, 3.05) is 23.0 Å². The van der Waals surface area contributed by atoms with Gasteiger partial charge in [-0.05, 0) is 36.6 Å². The zero-order valence-electron chi connectivity index (χ0n) is 14.5. The van der Waals surface area contributed by atoms with Gasteiger partial charge in [-0.1, -0.05) is 53.7 Å². The Morgan fingerprint density at radius 3 is 2.78 bits per heavy atom. The maximum atomic E-state index is 12.8. The van der Waals surface area contributed by atoms with Crippen LogP contribution >= 0.6 is 23.4 Å². The van der Waals surface area contributed by atoms with Gasteiger partial charge in [-0.2, -0.15) is 0 Å². The molecule has 0 radical (unpaired) electrons. The van der Waals surface area contributed by atoms with E-state index in [1.807, 2.05) is 41.3 Å². The highest BCUT2D eigenvalue weighted by atomic mass is 35.5. The molecule has 0 aliphatic carbocycles. The maximum absolute atomic E-state index is 12.8. The monoisotopic (exact) mass is 399 g/mol. The summed E-state index contributed by atoms with van der Waals surface area (Å²) in [5.41, 5.74) is 2.92. The summed E-state index contributed by atoms with van der Waals surface area (Å²) in [7, 11) is 0. The van der Waals surface area contributed by atoms with Gasteiger partial charge < -0.3 is 10.7 Å². The van der Waals surface area contributed by atoms with Crippen LogP contribution in [0.4, 0.5) is 5.69 Å². The highest BCUT2D eigenvalue weighted by Gasteiger charge is 2.23. The Labute approximate surface area is 166 Å². The highest BCUT2D eigenvalue weighted by molar-refractivity contribution is 7.99. The lowest BCUT2D eigenvalue weighted by atomic mass is 10.0. The second-order valence-electron chi connectivity index (χ2n) is 6.22. The van der Waals surface area contributed by atoms with Gasteiger partial charge in [0.25, 0.3) is 0 Å². The van der Waals surface area contributed by atoms with Crippen LogP contribution in [0.15, 0.2) is 53.7 Å². The van der Waals surface area contributed by atoms with E-state index in [2.05, 4.69) is 16.3 Å². The molecule has 0 bridgehead atoms. The molecule has 1 aromatic heterocycles. The minimum atomic E-state index is 0.0365. The number of nitrogens with zero attached hydrogens (tertiary/aromatic N) is 4. The number of nitrogens with two attached hydrogens (primary N) is 1. The third-order valence-electron chi connectivity index (χ3n) is 4.52. The molecule has 2 heterocycles. The van der Waals surface area contributed by atoms with Crippen molar-refractivity contribution < 1.29 is 4.79 Å². The smallest absolute Gasteiger partial charge is 0.237 e. The van der Waals surface area contributed by atoms with Crippen molar-refractivity contribution in [2.24, 2.45) is 0 Å². The van der Waals surface area contributed by atoms with E-state index in [9.17, 15) is 4.79 Å². The van der Waals surface area contributed by atoms with E-state index in [-0.39, 0.29) is 11.7 Å². The van der Waals surface area contributed by atoms with Crippen LogP contribution in [-0.2, 0) is 11.2 Å². The van der Waals surface area contributed by atoms with E-state index in [1.165, 1.54) is 22.0 Å². The van der Waals surface area contributed by atoms with E-state index < -0.39 is 0 Å². The third-order valence-corrected chi connectivity index (χ3v) is 5.77. The number of aromatic nitrogens is 3. The molecule has 4 rings (SSSR count). The van der Waals surface area contributed by atoms with Gasteiger partial charge in [0.1, 0.15) is 0 Å². The van der Waals surface area contributed by atoms with Crippen LogP contribution in [-0.4, -0.2) is 33.1 Å². The highest BCUT2D eigenvalue weighted by Crippen LogP contribution is 2.29. The zero-order chi connectivity index (χ0) is 18.8. The number of carbonyl (C=O) groups excluding carboxylic acids is 1. The van der Waals surface area contributed by atoms with E-state index in [1.54, 1.807) is 6.07 Å². The number of nitrogen functional groups attached to an aromatic ring is 1. The van der Waals surface area contributed by atoms with Gasteiger partial charge in [-0.15, -0.1) is 10.2 Å². The summed E-state index contributed by atoms with van der Waals surface area (Å²) in [5, 5.41) is 9.27. The maximum Gasteiger partial charge on any atom is 0.237 e. The number of carbonyl (C=O) groups is 1. The number of para-hydroxylation sites is 1. The molecule has 0 spiro atoms. The largest absolute Gasteiger partial charge is 0.335 e. The first-order chi connectivity index (χ1) is 13.1. The van der Waals surface area contributed by atoms with Crippen molar-refractivity contribution in [3.05, 3.63) is 59.1 Å². The number of rotatable bonds is 4. The van der Waals surface area contributed by atoms with E-state index in [0.717, 1.165) is 25.1 Å². The molecule has 1 aliphatic rings. The van der Waals surface area contributed by atoms with Crippen LogP contribution in [0.2, 0.25) is 5.02 Å². The Balaban J connectivity index is 1.49. The summed E-state index contributed by atoms with van der Waals surface area (Å²) in [5.74, 6) is 6.88. The molecule has 0 atom stereocenters. The summed E-state index contributed by atoms with van der Waals surface area (Å²) in [6.45, 7) is 0.733. The van der Waals surface area contributed by atoms with Crippen molar-refractivity contribution in [3.8, 4) is 11.4 Å². The molecule has 6 nitrogen and oxygen atoms in total. The molecule has 0 fully saturated rings. The number of benzene rings is 2. The number of hydrogen-bond donors (Lipinski definition) is 1. The molecule has 27 heavy (non-hydrogen) atoms. The van der Waals surface area contributed by atoms with Crippen LogP contribution in [0.5, 0.6) is 0 Å². The van der Waals surface area contributed by atoms with Crippen molar-refractivity contribution >= 4 is 35.0 Å². The zero-order valence-corrected chi connectivity index (χ0v) is 16.1. The van der Waals surface area contributed by atoms with Crippen LogP contribution < -0.4 is 10.7 Å². The standard InChI is InChI=1S/C19H18ClN5OS/c20-15-9-3-2-8-14(15)18-22-23-19(25(18)21)27-12-17(26)24-11-5-7-13-6-1-4-10-16(13)24/h1-4,6,8-10H,5,7,11-12,21H2. The van der Waals surface area contributed by atoms with Gasteiger partial charge in [0.05, 0.1) is 10.8 Å². The van der Waals surface area contributed by atoms with Crippen molar-refractivity contribution in [2.45, 2.75) is 18.0 Å². The number of amides is 1. The molecule has 138 valence electrons. The quantitative estimate of drug-likeness (QED) is 0.537. The topological polar surface area (TPSA) is 77.0 Å². The number of thioether (sulfide) groups is 1. The van der Waals surface area contributed by atoms with Gasteiger partial charge in [-0.25, -0.2) is 4.68 Å². The first-order valence-corrected chi connectivity index (χ1v) is 9.98. The van der Waals surface area contributed by atoms with Gasteiger partial charge in [0.15, 0.2) is 5.82 Å². The lowest BCUT2D eigenvalue weighted by Gasteiger charge is -2.29. The average Bonchev–Trinajstić information content (AvgIpc) is 3.06. The number of aryl methyl sites for hydroxylation is 1. The van der Waals surface area contributed by atoms with E-state index >= 15 is 0 Å². The Hall–Kier alpha value is -2.51. The molecule has 1 aliphatic heterocycles. The lowest BCUT2D eigenvalue weighted by molar-refractivity contribution is -0.116. The summed E-state index contributed by atoms with van der Waals surface area (Å²) in [6.07, 6.45) is 1.97. The van der Waals surface area contributed by atoms with Crippen LogP contribution in [0.25, 0.3) is 11.4 Å². The molecule has 0 saturated carbocycles. The minimum absolute atomic E-state index is 0.0365. The summed E-state index contributed by atoms with van der Waals surface area (Å²) >= 11 is 7.49. The molecule has 0 saturated heterocycles. The van der Waals surface area contributed by atoms with E-state index in [4.69, 9.17) is 17.4 Å². The normalized spacial score (nSPS) is 13.4. The summed E-state index contributed by atoms with van der Waals surface area (Å²) in [6, 6.07) is 15.4. The molecule has 3 aromatic rings. The first-order valence-electron chi connectivity index (χ1n) is 8.61. The first kappa shape index (κ1) is 17.9. The molecule has 2 N–H and O–H groups in total. The van der Waals surface area contributed by atoms with Crippen molar-refractivity contribution in [3.63, 3.8) is 0 Å². The SMILES string of the molecule is Nn1c(SCC(=O)N2CCCc3ccccc32)nnc1-c1ccccc1Cl. The molecular formula is C19H18ClN5OS. The molecule has 2 aromatic carbocycles. The second-order valence-corrected chi connectivity index (χ2v) is 7.57. The fourth-order valence-corrected chi connectivity index (χ4v) is 4.15. The van der Waals surface area contributed by atoms with Gasteiger partial charge >= 0.3 is 0 Å². The van der Waals surface area contributed by atoms with E-state index in [0.29, 0.717) is 21.6 Å². The Kier molecular flexibility index (Phi) is 5.05. The lowest BCUT2D eigenvalue weighted by Crippen LogP contribution is -2.36. The molecular weight excluding hydrogens is 382 g/mol. The predicted octanol–water partition coefficient (Wildman–Crippen LogP) is 3.38. The second kappa shape index (κ2) is 7.62. The van der Waals surface area contributed by atoms with Crippen LogP contribution in [0.3, 0.4) is 0 Å². The van der Waals surface area contributed by atoms with Gasteiger partial charge in [0, 0.05) is 17.8 Å². The number of fused-ring (bicyclic) bond motifs is 1. The minimum Gasteiger partial charge on any atom is -0.335 e. The number of anilines is 1. The van der Waals surface area contributed by atoms with Gasteiger partial charge in [0.2, 0.25) is 11.1 Å². The molecule has 8 heteroatoms. The molecule has 1 amide bonds. The van der Waals surface area contributed by atoms with Crippen molar-refractivity contribution in [1.82, 2.24) is 14.9 Å². The third kappa shape index (κ3) is 3.52. The summed E-state index contributed by atoms with van der Waals surface area (Å²) in [4.78, 5) is 14.6.